The minimum Gasteiger partial charge on any atom is -0.493 e. The van der Waals surface area contributed by atoms with E-state index in [0.717, 1.165) is 4.47 Å². The maximum absolute atomic E-state index is 13.0. The van der Waals surface area contributed by atoms with E-state index < -0.39 is 17.9 Å². The van der Waals surface area contributed by atoms with Gasteiger partial charge in [-0.15, -0.1) is 0 Å². The fourth-order valence-electron chi connectivity index (χ4n) is 3.81. The van der Waals surface area contributed by atoms with Gasteiger partial charge in [0.2, 0.25) is 11.8 Å². The summed E-state index contributed by atoms with van der Waals surface area (Å²) in [5.74, 6) is -1.15. The Morgan fingerprint density at radius 3 is 2.84 bits per heavy atom. The van der Waals surface area contributed by atoms with Gasteiger partial charge in [0, 0.05) is 24.0 Å². The van der Waals surface area contributed by atoms with Gasteiger partial charge in [-0.2, -0.15) is 0 Å². The standard InChI is InChI=1S/C21H29BrN2O7/c1-21(2)30-16-9-24(17(26)12-28-3)18(19(16)31-21)20(27)23-8-13(10-25)11-29-15-6-4-5-14(22)7-15/h4-7,13,16,18-19,25H,8-12H2,1-3H3,(H,23,27)/t13-,16-,18-,19-/m0/s1. The molecule has 3 rings (SSSR count). The highest BCUT2D eigenvalue weighted by molar-refractivity contribution is 9.10. The molecule has 1 aromatic carbocycles. The third-order valence-electron chi connectivity index (χ3n) is 5.21. The van der Waals surface area contributed by atoms with E-state index in [0.29, 0.717) is 5.75 Å². The quantitative estimate of drug-likeness (QED) is 0.519. The van der Waals surface area contributed by atoms with Crippen molar-refractivity contribution in [1.82, 2.24) is 10.2 Å². The van der Waals surface area contributed by atoms with E-state index in [9.17, 15) is 14.7 Å². The first-order chi connectivity index (χ1) is 14.7. The highest BCUT2D eigenvalue weighted by Gasteiger charge is 2.56. The average Bonchev–Trinajstić information content (AvgIpc) is 3.19. The molecule has 2 heterocycles. The first-order valence-corrected chi connectivity index (χ1v) is 10.9. The molecule has 0 unspecified atom stereocenters. The van der Waals surface area contributed by atoms with Crippen LogP contribution in [0.3, 0.4) is 0 Å². The number of carbonyl (C=O) groups is 2. The SMILES string of the molecule is COCC(=O)N1C[C@@H]2OC(C)(C)O[C@@H]2[C@H]1C(=O)NC[C@@H](CO)COc1cccc(Br)c1. The molecule has 2 aliphatic heterocycles. The molecule has 2 saturated heterocycles. The molecule has 0 bridgehead atoms. The molecule has 4 atom stereocenters. The molecule has 9 nitrogen and oxygen atoms in total. The number of halogens is 1. The predicted molar refractivity (Wildman–Crippen MR) is 114 cm³/mol. The van der Waals surface area contributed by atoms with Crippen molar-refractivity contribution < 1.29 is 33.6 Å². The normalized spacial score (nSPS) is 25.2. The molecule has 2 fully saturated rings. The fourth-order valence-corrected chi connectivity index (χ4v) is 4.19. The second-order valence-corrected chi connectivity index (χ2v) is 9.04. The van der Waals surface area contributed by atoms with Crippen LogP contribution in [0.25, 0.3) is 0 Å². The van der Waals surface area contributed by atoms with Gasteiger partial charge in [-0.1, -0.05) is 22.0 Å². The second kappa shape index (κ2) is 10.3. The predicted octanol–water partition coefficient (Wildman–Crippen LogP) is 0.930. The molecule has 2 amide bonds. The van der Waals surface area contributed by atoms with Gasteiger partial charge in [0.25, 0.3) is 0 Å². The number of carbonyl (C=O) groups excluding carboxylic acids is 2. The number of nitrogens with one attached hydrogen (secondary N) is 1. The maximum Gasteiger partial charge on any atom is 0.249 e. The Kier molecular flexibility index (Phi) is 7.92. The average molecular weight is 501 g/mol. The van der Waals surface area contributed by atoms with Crippen LogP contribution >= 0.6 is 15.9 Å². The maximum atomic E-state index is 13.0. The molecule has 2 N–H and O–H groups in total. The number of rotatable bonds is 9. The second-order valence-electron chi connectivity index (χ2n) is 8.12. The van der Waals surface area contributed by atoms with Crippen molar-refractivity contribution in [3.63, 3.8) is 0 Å². The Morgan fingerprint density at radius 1 is 1.39 bits per heavy atom. The zero-order valence-corrected chi connectivity index (χ0v) is 19.5. The third-order valence-corrected chi connectivity index (χ3v) is 5.70. The Bertz CT molecular complexity index is 791. The van der Waals surface area contributed by atoms with E-state index >= 15 is 0 Å². The van der Waals surface area contributed by atoms with Crippen molar-refractivity contribution in [2.45, 2.75) is 37.9 Å². The minimum absolute atomic E-state index is 0.133. The van der Waals surface area contributed by atoms with Crippen LogP contribution in [0.2, 0.25) is 0 Å². The molecule has 172 valence electrons. The van der Waals surface area contributed by atoms with Crippen molar-refractivity contribution in [2.75, 3.05) is 40.0 Å². The van der Waals surface area contributed by atoms with Crippen molar-refractivity contribution in [1.29, 1.82) is 0 Å². The monoisotopic (exact) mass is 500 g/mol. The lowest BCUT2D eigenvalue weighted by molar-refractivity contribution is -0.171. The molecule has 0 aromatic heterocycles. The van der Waals surface area contributed by atoms with Crippen LogP contribution < -0.4 is 10.1 Å². The summed E-state index contributed by atoms with van der Waals surface area (Å²) >= 11 is 3.38. The van der Waals surface area contributed by atoms with Crippen LogP contribution in [-0.2, 0) is 23.8 Å². The van der Waals surface area contributed by atoms with Gasteiger partial charge in [-0.25, -0.2) is 0 Å². The number of methoxy groups -OCH3 is 1. The van der Waals surface area contributed by atoms with Gasteiger partial charge in [-0.3, -0.25) is 9.59 Å². The van der Waals surface area contributed by atoms with Gasteiger partial charge in [0.15, 0.2) is 5.79 Å². The van der Waals surface area contributed by atoms with Crippen molar-refractivity contribution in [2.24, 2.45) is 5.92 Å². The number of hydrogen-bond acceptors (Lipinski definition) is 7. The molecule has 0 radical (unpaired) electrons. The molecule has 31 heavy (non-hydrogen) atoms. The summed E-state index contributed by atoms with van der Waals surface area (Å²) in [6.45, 7) is 3.93. The van der Waals surface area contributed by atoms with Crippen LogP contribution in [0.1, 0.15) is 13.8 Å². The highest BCUT2D eigenvalue weighted by Crippen LogP contribution is 2.37. The van der Waals surface area contributed by atoms with Crippen LogP contribution in [0, 0.1) is 5.92 Å². The zero-order valence-electron chi connectivity index (χ0n) is 17.9. The summed E-state index contributed by atoms with van der Waals surface area (Å²) < 4.78 is 23.3. The number of aliphatic hydroxyl groups excluding tert-OH is 1. The van der Waals surface area contributed by atoms with Gasteiger partial charge in [0.1, 0.15) is 30.6 Å². The molecule has 10 heteroatoms. The smallest absolute Gasteiger partial charge is 0.249 e. The van der Waals surface area contributed by atoms with E-state index in [4.69, 9.17) is 18.9 Å². The van der Waals surface area contributed by atoms with Crippen molar-refractivity contribution in [3.05, 3.63) is 28.7 Å². The Hall–Kier alpha value is -1.72. The number of hydrogen-bond donors (Lipinski definition) is 2. The van der Waals surface area contributed by atoms with Crippen LogP contribution in [0.5, 0.6) is 5.75 Å². The summed E-state index contributed by atoms with van der Waals surface area (Å²) in [7, 11) is 1.43. The highest BCUT2D eigenvalue weighted by atomic mass is 79.9. The summed E-state index contributed by atoms with van der Waals surface area (Å²) in [6.07, 6.45) is -0.957. The van der Waals surface area contributed by atoms with Crippen molar-refractivity contribution in [3.8, 4) is 5.75 Å². The van der Waals surface area contributed by atoms with Gasteiger partial charge in [-0.05, 0) is 32.0 Å². The molecular weight excluding hydrogens is 472 g/mol. The summed E-state index contributed by atoms with van der Waals surface area (Å²) in [5, 5.41) is 12.5. The van der Waals surface area contributed by atoms with Crippen LogP contribution in [-0.4, -0.2) is 85.9 Å². The number of nitrogens with zero attached hydrogens (tertiary/aromatic N) is 1. The van der Waals surface area contributed by atoms with Gasteiger partial charge < -0.3 is 34.3 Å². The lowest BCUT2D eigenvalue weighted by Crippen LogP contribution is -2.53. The molecular formula is C21H29BrN2O7. The fraction of sp³-hybridized carbons (Fsp3) is 0.619. The van der Waals surface area contributed by atoms with E-state index in [2.05, 4.69) is 21.2 Å². The molecule has 2 aliphatic rings. The topological polar surface area (TPSA) is 107 Å². The Morgan fingerprint density at radius 2 is 2.16 bits per heavy atom. The molecule has 0 saturated carbocycles. The zero-order chi connectivity index (χ0) is 22.6. The first kappa shape index (κ1) is 23.9. The number of ether oxygens (including phenoxy) is 4. The number of benzene rings is 1. The molecule has 0 aliphatic carbocycles. The number of amides is 2. The number of aliphatic hydroxyl groups is 1. The van der Waals surface area contributed by atoms with E-state index in [-0.39, 0.29) is 56.7 Å². The minimum atomic E-state index is -0.834. The number of likely N-dealkylation sites (tertiary alicyclic amines) is 1. The largest absolute Gasteiger partial charge is 0.493 e. The molecule has 0 spiro atoms. The lowest BCUT2D eigenvalue weighted by Gasteiger charge is -2.29. The first-order valence-electron chi connectivity index (χ1n) is 10.1. The number of fused-ring (bicyclic) bond motifs is 1. The van der Waals surface area contributed by atoms with E-state index in [1.807, 2.05) is 24.3 Å². The molecule has 1 aromatic rings. The summed E-state index contributed by atoms with van der Waals surface area (Å²) in [4.78, 5) is 27.0. The van der Waals surface area contributed by atoms with Gasteiger partial charge in [0.05, 0.1) is 19.8 Å². The Balaban J connectivity index is 1.61. The summed E-state index contributed by atoms with van der Waals surface area (Å²) in [5.41, 5.74) is 0. The Labute approximate surface area is 190 Å². The van der Waals surface area contributed by atoms with Crippen LogP contribution in [0.4, 0.5) is 0 Å². The van der Waals surface area contributed by atoms with E-state index in [1.165, 1.54) is 12.0 Å². The summed E-state index contributed by atoms with van der Waals surface area (Å²) in [6, 6.07) is 6.54. The van der Waals surface area contributed by atoms with Gasteiger partial charge >= 0.3 is 0 Å². The lowest BCUT2D eigenvalue weighted by atomic mass is 10.1. The third kappa shape index (κ3) is 5.95. The van der Waals surface area contributed by atoms with E-state index in [1.54, 1.807) is 13.8 Å². The van der Waals surface area contributed by atoms with Crippen LogP contribution in [0.15, 0.2) is 28.7 Å². The van der Waals surface area contributed by atoms with Crippen molar-refractivity contribution >= 4 is 27.7 Å².